The Balaban J connectivity index is 1.28. The lowest BCUT2D eigenvalue weighted by Gasteiger charge is -2.27. The van der Waals surface area contributed by atoms with Crippen LogP contribution in [0.5, 0.6) is 0 Å². The van der Waals surface area contributed by atoms with E-state index in [-0.39, 0.29) is 0 Å². The Labute approximate surface area is 206 Å². The van der Waals surface area contributed by atoms with Crippen molar-refractivity contribution in [2.45, 2.75) is 76.0 Å². The fourth-order valence-corrected chi connectivity index (χ4v) is 5.36. The van der Waals surface area contributed by atoms with Gasteiger partial charge < -0.3 is 26.3 Å². The molecule has 2 aliphatic carbocycles. The molecule has 2 aromatic heterocycles. The van der Waals surface area contributed by atoms with Crippen molar-refractivity contribution in [1.82, 2.24) is 24.8 Å². The molecule has 0 radical (unpaired) electrons. The maximum atomic E-state index is 6.10. The van der Waals surface area contributed by atoms with Crippen molar-refractivity contribution in [3.05, 3.63) is 41.2 Å². The van der Waals surface area contributed by atoms with Gasteiger partial charge in [-0.1, -0.05) is 36.6 Å². The molecule has 8 nitrogen and oxygen atoms in total. The average molecular weight is 483 g/mol. The van der Waals surface area contributed by atoms with Gasteiger partial charge in [0.05, 0.1) is 6.33 Å². The maximum absolute atomic E-state index is 6.10. The molecule has 0 unspecified atom stereocenters. The fourth-order valence-electron chi connectivity index (χ4n) is 5.15. The summed E-state index contributed by atoms with van der Waals surface area (Å²) in [5.74, 6) is 1.48. The summed E-state index contributed by atoms with van der Waals surface area (Å²) >= 11 is 6.09. The van der Waals surface area contributed by atoms with Gasteiger partial charge in [-0.05, 0) is 56.2 Å². The Morgan fingerprint density at radius 1 is 1.03 bits per heavy atom. The minimum atomic E-state index is 0.321. The standard InChI is InChI=1S/C25H35ClN8/c26-18-5-3-4-17(14-18)15-28-12-13-29-23-22-24(34(16-30-22)21-6-1-2-7-21)33-25(32-23)31-20-10-8-19(27)9-11-20/h3-5,14,16,19-21,28H,1-2,6-13,15,27H2,(H2,29,31,32,33)/t19-,20-. The van der Waals surface area contributed by atoms with Crippen LogP contribution < -0.4 is 21.7 Å². The molecule has 2 aliphatic rings. The molecule has 9 heteroatoms. The minimum Gasteiger partial charge on any atom is -0.367 e. The molecule has 0 saturated heterocycles. The van der Waals surface area contributed by atoms with Crippen LogP contribution in [0.25, 0.3) is 11.2 Å². The molecule has 5 N–H and O–H groups in total. The zero-order valence-corrected chi connectivity index (χ0v) is 20.4. The highest BCUT2D eigenvalue weighted by Gasteiger charge is 2.23. The highest BCUT2D eigenvalue weighted by atomic mass is 35.5. The molecule has 0 atom stereocenters. The first-order valence-electron chi connectivity index (χ1n) is 12.6. The van der Waals surface area contributed by atoms with Gasteiger partial charge in [-0.3, -0.25) is 0 Å². The lowest BCUT2D eigenvalue weighted by Crippen LogP contribution is -2.33. The second kappa shape index (κ2) is 10.9. The quantitative estimate of drug-likeness (QED) is 0.333. The van der Waals surface area contributed by atoms with Crippen LogP contribution in [0.15, 0.2) is 30.6 Å². The van der Waals surface area contributed by atoms with Gasteiger partial charge >= 0.3 is 0 Å². The molecular formula is C25H35ClN8. The molecule has 0 bridgehead atoms. The Kier molecular flexibility index (Phi) is 7.47. The molecule has 0 aliphatic heterocycles. The van der Waals surface area contributed by atoms with Crippen LogP contribution in [0.2, 0.25) is 5.02 Å². The Morgan fingerprint density at radius 3 is 2.65 bits per heavy atom. The topological polar surface area (TPSA) is 106 Å². The van der Waals surface area contributed by atoms with Gasteiger partial charge in [-0.25, -0.2) is 4.98 Å². The number of aromatic nitrogens is 4. The van der Waals surface area contributed by atoms with E-state index in [0.717, 1.165) is 67.3 Å². The molecule has 0 spiro atoms. The summed E-state index contributed by atoms with van der Waals surface area (Å²) in [6.07, 6.45) is 11.1. The first kappa shape index (κ1) is 23.3. The predicted octanol–water partition coefficient (Wildman–Crippen LogP) is 4.48. The number of nitrogens with one attached hydrogen (secondary N) is 3. The Morgan fingerprint density at radius 2 is 1.85 bits per heavy atom. The number of nitrogens with zero attached hydrogens (tertiary/aromatic N) is 4. The van der Waals surface area contributed by atoms with Gasteiger partial charge in [-0.15, -0.1) is 0 Å². The third-order valence-electron chi connectivity index (χ3n) is 7.06. The van der Waals surface area contributed by atoms with E-state index < -0.39 is 0 Å². The third kappa shape index (κ3) is 5.62. The maximum Gasteiger partial charge on any atom is 0.227 e. The SMILES string of the molecule is N[C@H]1CC[C@H](Nc2nc(NCCNCc3cccc(Cl)c3)c3ncn(C4CCCC4)c3n2)CC1. The van der Waals surface area contributed by atoms with Crippen molar-refractivity contribution in [3.8, 4) is 0 Å². The summed E-state index contributed by atoms with van der Waals surface area (Å²) in [6.45, 7) is 2.31. The summed E-state index contributed by atoms with van der Waals surface area (Å²) in [6, 6.07) is 9.10. The second-order valence-corrected chi connectivity index (χ2v) is 10.1. The number of fused-ring (bicyclic) bond motifs is 1. The molecule has 3 aromatic rings. The van der Waals surface area contributed by atoms with Gasteiger partial charge in [0.15, 0.2) is 17.0 Å². The number of hydrogen-bond donors (Lipinski definition) is 4. The van der Waals surface area contributed by atoms with Gasteiger partial charge in [0.1, 0.15) is 0 Å². The molecule has 2 saturated carbocycles. The highest BCUT2D eigenvalue weighted by Crippen LogP contribution is 2.33. The lowest BCUT2D eigenvalue weighted by atomic mass is 9.92. The Hall–Kier alpha value is -2.42. The number of hydrogen-bond acceptors (Lipinski definition) is 7. The molecule has 5 rings (SSSR count). The number of imidazole rings is 1. The summed E-state index contributed by atoms with van der Waals surface area (Å²) in [5, 5.41) is 11.3. The second-order valence-electron chi connectivity index (χ2n) is 9.65. The molecule has 0 amide bonds. The van der Waals surface area contributed by atoms with Crippen LogP contribution in [0.1, 0.15) is 63.0 Å². The van der Waals surface area contributed by atoms with E-state index in [9.17, 15) is 0 Å². The van der Waals surface area contributed by atoms with Crippen molar-refractivity contribution in [1.29, 1.82) is 0 Å². The number of rotatable bonds is 9. The predicted molar refractivity (Wildman–Crippen MR) is 138 cm³/mol. The molecule has 2 fully saturated rings. The van der Waals surface area contributed by atoms with E-state index in [2.05, 4.69) is 26.6 Å². The minimum absolute atomic E-state index is 0.321. The zero-order chi connectivity index (χ0) is 23.3. The van der Waals surface area contributed by atoms with Crippen molar-refractivity contribution in [2.24, 2.45) is 5.73 Å². The molecule has 1 aromatic carbocycles. The van der Waals surface area contributed by atoms with Crippen molar-refractivity contribution in [3.63, 3.8) is 0 Å². The van der Waals surface area contributed by atoms with Crippen LogP contribution in [-0.4, -0.2) is 44.7 Å². The van der Waals surface area contributed by atoms with E-state index in [1.807, 2.05) is 24.5 Å². The van der Waals surface area contributed by atoms with Gasteiger partial charge in [-0.2, -0.15) is 9.97 Å². The van der Waals surface area contributed by atoms with Crippen LogP contribution >= 0.6 is 11.6 Å². The third-order valence-corrected chi connectivity index (χ3v) is 7.29. The van der Waals surface area contributed by atoms with Crippen molar-refractivity contribution in [2.75, 3.05) is 23.7 Å². The van der Waals surface area contributed by atoms with Crippen LogP contribution in [0.4, 0.5) is 11.8 Å². The number of anilines is 2. The van der Waals surface area contributed by atoms with Gasteiger partial charge in [0.25, 0.3) is 0 Å². The largest absolute Gasteiger partial charge is 0.367 e. The molecule has 2 heterocycles. The van der Waals surface area contributed by atoms with Crippen molar-refractivity contribution < 1.29 is 0 Å². The van der Waals surface area contributed by atoms with E-state index in [1.165, 1.54) is 31.2 Å². The first-order chi connectivity index (χ1) is 16.7. The van der Waals surface area contributed by atoms with Crippen molar-refractivity contribution >= 4 is 34.5 Å². The summed E-state index contributed by atoms with van der Waals surface area (Å²) < 4.78 is 2.26. The van der Waals surface area contributed by atoms with Gasteiger partial charge in [0, 0.05) is 42.8 Å². The Bertz CT molecular complexity index is 1090. The normalized spacial score (nSPS) is 21.2. The smallest absolute Gasteiger partial charge is 0.227 e. The average Bonchev–Trinajstić information content (AvgIpc) is 3.50. The number of nitrogens with two attached hydrogens (primary N) is 1. The van der Waals surface area contributed by atoms with Crippen LogP contribution in [-0.2, 0) is 6.54 Å². The van der Waals surface area contributed by atoms with E-state index in [4.69, 9.17) is 32.3 Å². The number of benzene rings is 1. The van der Waals surface area contributed by atoms with Gasteiger partial charge in [0.2, 0.25) is 5.95 Å². The highest BCUT2D eigenvalue weighted by molar-refractivity contribution is 6.30. The van der Waals surface area contributed by atoms with Crippen LogP contribution in [0.3, 0.4) is 0 Å². The number of halogens is 1. The molecule has 182 valence electrons. The van der Waals surface area contributed by atoms with Crippen LogP contribution in [0, 0.1) is 0 Å². The summed E-state index contributed by atoms with van der Waals surface area (Å²) in [4.78, 5) is 14.5. The monoisotopic (exact) mass is 482 g/mol. The fraction of sp³-hybridized carbons (Fsp3) is 0.560. The lowest BCUT2D eigenvalue weighted by molar-refractivity contribution is 0.410. The van der Waals surface area contributed by atoms with E-state index in [1.54, 1.807) is 0 Å². The zero-order valence-electron chi connectivity index (χ0n) is 19.6. The summed E-state index contributed by atoms with van der Waals surface area (Å²) in [7, 11) is 0. The molecule has 34 heavy (non-hydrogen) atoms. The van der Waals surface area contributed by atoms with E-state index >= 15 is 0 Å². The summed E-state index contributed by atoms with van der Waals surface area (Å²) in [5.41, 5.74) is 9.04. The molecular weight excluding hydrogens is 448 g/mol. The van der Waals surface area contributed by atoms with E-state index in [0.29, 0.717) is 24.1 Å². The first-order valence-corrected chi connectivity index (χ1v) is 13.0.